The Kier molecular flexibility index (Phi) is 3.93. The first-order chi connectivity index (χ1) is 9.75. The second kappa shape index (κ2) is 5.38. The maximum atomic E-state index is 12.5. The van der Waals surface area contributed by atoms with Crippen molar-refractivity contribution in [2.45, 2.75) is 12.0 Å². The maximum absolute atomic E-state index is 12.5. The van der Waals surface area contributed by atoms with E-state index < -0.39 is 17.5 Å². The molecular formula is C15H13F3O3. The van der Waals surface area contributed by atoms with E-state index in [1.165, 1.54) is 19.2 Å². The van der Waals surface area contributed by atoms with Gasteiger partial charge in [0.05, 0.1) is 7.11 Å². The molecule has 0 atom stereocenters. The molecule has 0 heterocycles. The highest BCUT2D eigenvalue weighted by atomic mass is 19.4. The Morgan fingerprint density at radius 1 is 0.905 bits per heavy atom. The standard InChI is InChI=1S/C15H13F3O3/c1-21-13-4-2-3-11(9-13)10-5-7-12(8-6-10)14(19,20)15(16,17)18/h2-9,19-20H,1H3. The predicted octanol–water partition coefficient (Wildman–Crippen LogP) is 3.06. The molecule has 2 N–H and O–H groups in total. The molecule has 21 heavy (non-hydrogen) atoms. The molecule has 0 unspecified atom stereocenters. The van der Waals surface area contributed by atoms with Crippen LogP contribution in [0.15, 0.2) is 48.5 Å². The van der Waals surface area contributed by atoms with Crippen LogP contribution in [0.2, 0.25) is 0 Å². The minimum absolute atomic E-state index is 0.616. The number of hydrogen-bond acceptors (Lipinski definition) is 3. The number of alkyl halides is 3. The van der Waals surface area contributed by atoms with Gasteiger partial charge in [0.15, 0.2) is 0 Å². The molecule has 2 aromatic carbocycles. The van der Waals surface area contributed by atoms with Gasteiger partial charge in [-0.15, -0.1) is 0 Å². The van der Waals surface area contributed by atoms with Gasteiger partial charge < -0.3 is 14.9 Å². The van der Waals surface area contributed by atoms with Crippen molar-refractivity contribution in [1.82, 2.24) is 0 Å². The topological polar surface area (TPSA) is 49.7 Å². The number of aliphatic hydroxyl groups is 2. The van der Waals surface area contributed by atoms with Crippen molar-refractivity contribution in [2.75, 3.05) is 7.11 Å². The lowest BCUT2D eigenvalue weighted by atomic mass is 10.00. The molecule has 0 amide bonds. The number of halogens is 3. The van der Waals surface area contributed by atoms with E-state index in [4.69, 9.17) is 4.74 Å². The monoisotopic (exact) mass is 298 g/mol. The molecule has 0 aromatic heterocycles. The largest absolute Gasteiger partial charge is 0.497 e. The third-order valence-electron chi connectivity index (χ3n) is 3.09. The van der Waals surface area contributed by atoms with Gasteiger partial charge in [0.25, 0.3) is 5.79 Å². The van der Waals surface area contributed by atoms with Crippen molar-refractivity contribution in [3.05, 3.63) is 54.1 Å². The van der Waals surface area contributed by atoms with Crippen LogP contribution >= 0.6 is 0 Å². The second-order valence-corrected chi connectivity index (χ2v) is 4.48. The molecule has 0 spiro atoms. The molecule has 0 saturated carbocycles. The number of hydrogen-bond donors (Lipinski definition) is 2. The van der Waals surface area contributed by atoms with Gasteiger partial charge in [0.1, 0.15) is 5.75 Å². The van der Waals surface area contributed by atoms with E-state index in [-0.39, 0.29) is 0 Å². The zero-order valence-corrected chi connectivity index (χ0v) is 11.1. The summed E-state index contributed by atoms with van der Waals surface area (Å²) in [5, 5.41) is 18.4. The third-order valence-corrected chi connectivity index (χ3v) is 3.09. The lowest BCUT2D eigenvalue weighted by Crippen LogP contribution is -2.41. The van der Waals surface area contributed by atoms with Gasteiger partial charge in [-0.3, -0.25) is 0 Å². The van der Waals surface area contributed by atoms with E-state index in [1.54, 1.807) is 24.3 Å². The molecule has 6 heteroatoms. The van der Waals surface area contributed by atoms with E-state index in [9.17, 15) is 23.4 Å². The smallest absolute Gasteiger partial charge is 0.447 e. The lowest BCUT2D eigenvalue weighted by molar-refractivity contribution is -0.358. The molecule has 112 valence electrons. The van der Waals surface area contributed by atoms with Gasteiger partial charge in [0.2, 0.25) is 0 Å². The van der Waals surface area contributed by atoms with Crippen LogP contribution in [0.1, 0.15) is 5.56 Å². The molecule has 2 aromatic rings. The van der Waals surface area contributed by atoms with Crippen LogP contribution < -0.4 is 4.74 Å². The van der Waals surface area contributed by atoms with Crippen LogP contribution in [0.4, 0.5) is 13.2 Å². The first-order valence-corrected chi connectivity index (χ1v) is 6.02. The molecule has 0 bridgehead atoms. The Labute approximate surface area is 119 Å². The van der Waals surface area contributed by atoms with Gasteiger partial charge in [0, 0.05) is 5.56 Å². The van der Waals surface area contributed by atoms with Crippen LogP contribution in [-0.2, 0) is 5.79 Å². The van der Waals surface area contributed by atoms with Crippen molar-refractivity contribution in [3.8, 4) is 16.9 Å². The number of methoxy groups -OCH3 is 1. The van der Waals surface area contributed by atoms with Gasteiger partial charge in [-0.2, -0.15) is 13.2 Å². The summed E-state index contributed by atoms with van der Waals surface area (Å²) in [4.78, 5) is 0. The first kappa shape index (κ1) is 15.3. The van der Waals surface area contributed by atoms with E-state index in [2.05, 4.69) is 0 Å². The molecule has 2 rings (SSSR count). The van der Waals surface area contributed by atoms with Crippen LogP contribution in [0, 0.1) is 0 Å². The van der Waals surface area contributed by atoms with Crippen LogP contribution in [0.3, 0.4) is 0 Å². The quantitative estimate of drug-likeness (QED) is 0.856. The fraction of sp³-hybridized carbons (Fsp3) is 0.200. The van der Waals surface area contributed by atoms with Gasteiger partial charge >= 0.3 is 6.18 Å². The summed E-state index contributed by atoms with van der Waals surface area (Å²) in [6.07, 6.45) is -5.16. The SMILES string of the molecule is COc1cccc(-c2ccc(C(O)(O)C(F)(F)F)cc2)c1. The van der Waals surface area contributed by atoms with E-state index >= 15 is 0 Å². The van der Waals surface area contributed by atoms with Crippen molar-refractivity contribution in [3.63, 3.8) is 0 Å². The fourth-order valence-corrected chi connectivity index (χ4v) is 1.86. The molecule has 0 saturated heterocycles. The molecule has 0 aliphatic carbocycles. The van der Waals surface area contributed by atoms with Crippen LogP contribution in [0.5, 0.6) is 5.75 Å². The molecule has 0 radical (unpaired) electrons. The Bertz CT molecular complexity index is 619. The summed E-state index contributed by atoms with van der Waals surface area (Å²) >= 11 is 0. The summed E-state index contributed by atoms with van der Waals surface area (Å²) in [5.41, 5.74) is 0.742. The highest BCUT2D eigenvalue weighted by Gasteiger charge is 2.54. The molecular weight excluding hydrogens is 285 g/mol. The maximum Gasteiger partial charge on any atom is 0.447 e. The minimum atomic E-state index is -5.16. The average Bonchev–Trinajstić information content (AvgIpc) is 2.46. The number of ether oxygens (including phenoxy) is 1. The van der Waals surface area contributed by atoms with Crippen LogP contribution in [-0.4, -0.2) is 23.5 Å². The number of benzene rings is 2. The Hall–Kier alpha value is -2.05. The van der Waals surface area contributed by atoms with Crippen LogP contribution in [0.25, 0.3) is 11.1 Å². The molecule has 0 aliphatic heterocycles. The summed E-state index contributed by atoms with van der Waals surface area (Å²) in [6, 6.07) is 11.8. The van der Waals surface area contributed by atoms with Crippen molar-refractivity contribution >= 4 is 0 Å². The van der Waals surface area contributed by atoms with E-state index in [0.717, 1.165) is 17.7 Å². The van der Waals surface area contributed by atoms with Crippen molar-refractivity contribution < 1.29 is 28.1 Å². The zero-order valence-electron chi connectivity index (χ0n) is 11.1. The Morgan fingerprint density at radius 2 is 1.52 bits per heavy atom. The third kappa shape index (κ3) is 3.01. The summed E-state index contributed by atoms with van der Waals surface area (Å²) in [5.74, 6) is -3.24. The summed E-state index contributed by atoms with van der Waals surface area (Å²) in [7, 11) is 1.51. The Balaban J connectivity index is 2.35. The number of rotatable bonds is 3. The normalized spacial score (nSPS) is 12.3. The summed E-state index contributed by atoms with van der Waals surface area (Å²) < 4.78 is 42.6. The van der Waals surface area contributed by atoms with Crippen molar-refractivity contribution in [2.24, 2.45) is 0 Å². The minimum Gasteiger partial charge on any atom is -0.497 e. The van der Waals surface area contributed by atoms with E-state index in [0.29, 0.717) is 11.3 Å². The highest BCUT2D eigenvalue weighted by molar-refractivity contribution is 5.65. The Morgan fingerprint density at radius 3 is 2.05 bits per heavy atom. The predicted molar refractivity (Wildman–Crippen MR) is 70.6 cm³/mol. The molecule has 0 aliphatic rings. The van der Waals surface area contributed by atoms with Gasteiger partial charge in [-0.25, -0.2) is 0 Å². The average molecular weight is 298 g/mol. The molecule has 3 nitrogen and oxygen atoms in total. The molecule has 0 fully saturated rings. The fourth-order valence-electron chi connectivity index (χ4n) is 1.86. The van der Waals surface area contributed by atoms with Crippen molar-refractivity contribution in [1.29, 1.82) is 0 Å². The second-order valence-electron chi connectivity index (χ2n) is 4.48. The lowest BCUT2D eigenvalue weighted by Gasteiger charge is -2.24. The zero-order chi connectivity index (χ0) is 15.7. The van der Waals surface area contributed by atoms with Gasteiger partial charge in [-0.1, -0.05) is 36.4 Å². The van der Waals surface area contributed by atoms with E-state index in [1.807, 2.05) is 0 Å². The summed E-state index contributed by atoms with van der Waals surface area (Å²) in [6.45, 7) is 0. The highest BCUT2D eigenvalue weighted by Crippen LogP contribution is 2.37. The first-order valence-electron chi connectivity index (χ1n) is 6.02. The van der Waals surface area contributed by atoms with Gasteiger partial charge in [-0.05, 0) is 23.3 Å².